The summed E-state index contributed by atoms with van der Waals surface area (Å²) in [6.07, 6.45) is -5.08. The molecule has 0 aliphatic carbocycles. The summed E-state index contributed by atoms with van der Waals surface area (Å²) in [5.41, 5.74) is 6.02. The van der Waals surface area contributed by atoms with E-state index in [0.29, 0.717) is 0 Å². The molecule has 0 spiro atoms. The van der Waals surface area contributed by atoms with Gasteiger partial charge in [0.25, 0.3) is 0 Å². The zero-order valence-electron chi connectivity index (χ0n) is 18.3. The molecule has 33 heavy (non-hydrogen) atoms. The lowest BCUT2D eigenvalue weighted by atomic mass is 9.92. The van der Waals surface area contributed by atoms with Gasteiger partial charge in [-0.2, -0.15) is 18.3 Å². The number of nitrogens with zero attached hydrogens (tertiary/aromatic N) is 3. The van der Waals surface area contributed by atoms with Crippen LogP contribution in [0.1, 0.15) is 26.5 Å². The fourth-order valence-electron chi connectivity index (χ4n) is 3.05. The summed E-state index contributed by atoms with van der Waals surface area (Å²) in [4.78, 5) is 17.1. The van der Waals surface area contributed by atoms with Gasteiger partial charge >= 0.3 is 12.1 Å². The number of nitrogens with one attached hydrogen (secondary N) is 1. The largest absolute Gasteiger partial charge is 0.490 e. The average Bonchev–Trinajstić information content (AvgIpc) is 3.30. The smallest absolute Gasteiger partial charge is 0.475 e. The number of rotatable bonds is 2. The van der Waals surface area contributed by atoms with Gasteiger partial charge in [-0.25, -0.2) is 9.78 Å². The molecule has 0 aliphatic heterocycles. The van der Waals surface area contributed by atoms with Crippen molar-refractivity contribution in [2.75, 3.05) is 0 Å². The number of carboxylic acid groups (broad SMARTS) is 1. The van der Waals surface area contributed by atoms with Crippen LogP contribution in [0.25, 0.3) is 33.7 Å². The first-order valence-electron chi connectivity index (χ1n) is 9.87. The van der Waals surface area contributed by atoms with Crippen LogP contribution in [0.2, 0.25) is 5.02 Å². The van der Waals surface area contributed by atoms with Crippen LogP contribution in [0.3, 0.4) is 0 Å². The topological polar surface area (TPSA) is 83.8 Å². The number of benzene rings is 2. The lowest BCUT2D eigenvalue weighted by Crippen LogP contribution is -2.21. The molecule has 0 saturated carbocycles. The Morgan fingerprint density at radius 3 is 2.27 bits per heavy atom. The van der Waals surface area contributed by atoms with Crippen LogP contribution < -0.4 is 0 Å². The van der Waals surface area contributed by atoms with E-state index >= 15 is 0 Å². The summed E-state index contributed by atoms with van der Waals surface area (Å²) in [6.45, 7) is 6.48. The van der Waals surface area contributed by atoms with Gasteiger partial charge in [-0.1, -0.05) is 56.6 Å². The number of halogens is 4. The van der Waals surface area contributed by atoms with Crippen LogP contribution in [0.15, 0.2) is 48.5 Å². The van der Waals surface area contributed by atoms with Crippen LogP contribution in [0.5, 0.6) is 0 Å². The number of carboxylic acids is 1. The Kier molecular flexibility index (Phi) is 6.56. The van der Waals surface area contributed by atoms with Crippen molar-refractivity contribution in [3.63, 3.8) is 0 Å². The number of hydrogen-bond acceptors (Lipinski definition) is 3. The molecule has 0 radical (unpaired) electrons. The van der Waals surface area contributed by atoms with Crippen molar-refractivity contribution in [2.45, 2.75) is 32.4 Å². The standard InChI is InChI=1S/C21H21ClN4.C2HF3O2/c1-21(2,3)19-12-18(26(4)25-19)20-23-16-10-9-13(11-17(16)24-20)14-7-5-6-8-15(14)22;3-2(4,5)1(6)7/h5-12H,1-4H3,(H,23,24);(H,6,7). The van der Waals surface area contributed by atoms with Crippen LogP contribution in [-0.2, 0) is 17.3 Å². The first-order valence-corrected chi connectivity index (χ1v) is 10.2. The van der Waals surface area contributed by atoms with Gasteiger partial charge in [-0.05, 0) is 29.8 Å². The summed E-state index contributed by atoms with van der Waals surface area (Å²) >= 11 is 6.34. The number of aryl methyl sites for hydroxylation is 1. The summed E-state index contributed by atoms with van der Waals surface area (Å²) in [5.74, 6) is -1.94. The molecule has 4 aromatic rings. The zero-order chi connectivity index (χ0) is 24.6. The zero-order valence-corrected chi connectivity index (χ0v) is 19.1. The second-order valence-electron chi connectivity index (χ2n) is 8.39. The van der Waals surface area contributed by atoms with Gasteiger partial charge in [0.15, 0.2) is 5.82 Å². The Labute approximate surface area is 193 Å². The molecular formula is C23H22ClF3N4O2. The van der Waals surface area contributed by atoms with Gasteiger partial charge in [0.2, 0.25) is 0 Å². The molecule has 0 bridgehead atoms. The SMILES string of the molecule is Cn1nc(C(C)(C)C)cc1-c1nc2ccc(-c3ccccc3Cl)cc2[nH]1.O=C(O)C(F)(F)F. The highest BCUT2D eigenvalue weighted by atomic mass is 35.5. The van der Waals surface area contributed by atoms with E-state index in [-0.39, 0.29) is 5.41 Å². The third kappa shape index (κ3) is 5.54. The summed E-state index contributed by atoms with van der Waals surface area (Å²) in [6, 6.07) is 16.1. The van der Waals surface area contributed by atoms with Crippen LogP contribution >= 0.6 is 11.6 Å². The highest BCUT2D eigenvalue weighted by molar-refractivity contribution is 6.33. The third-order valence-electron chi connectivity index (χ3n) is 4.80. The molecular weight excluding hydrogens is 457 g/mol. The molecule has 2 aromatic carbocycles. The monoisotopic (exact) mass is 478 g/mol. The highest BCUT2D eigenvalue weighted by Gasteiger charge is 2.38. The lowest BCUT2D eigenvalue weighted by molar-refractivity contribution is -0.192. The molecule has 6 nitrogen and oxygen atoms in total. The van der Waals surface area contributed by atoms with Crippen LogP contribution in [0, 0.1) is 0 Å². The van der Waals surface area contributed by atoms with Crippen molar-refractivity contribution in [1.82, 2.24) is 19.7 Å². The second kappa shape index (κ2) is 8.90. The van der Waals surface area contributed by atoms with Crippen molar-refractivity contribution >= 4 is 28.6 Å². The fraction of sp³-hybridized carbons (Fsp3) is 0.261. The first kappa shape index (κ1) is 24.3. The molecule has 0 aliphatic rings. The summed E-state index contributed by atoms with van der Waals surface area (Å²) in [7, 11) is 1.95. The normalized spacial score (nSPS) is 11.9. The van der Waals surface area contributed by atoms with E-state index in [2.05, 4.69) is 49.1 Å². The molecule has 2 aromatic heterocycles. The number of carbonyl (C=O) groups is 1. The maximum Gasteiger partial charge on any atom is 0.490 e. The van der Waals surface area contributed by atoms with Crippen LogP contribution in [0.4, 0.5) is 13.2 Å². The van der Waals surface area contributed by atoms with Crippen molar-refractivity contribution in [1.29, 1.82) is 0 Å². The second-order valence-corrected chi connectivity index (χ2v) is 8.80. The molecule has 10 heteroatoms. The quantitative estimate of drug-likeness (QED) is 0.358. The number of hydrogen-bond donors (Lipinski definition) is 2. The van der Waals surface area contributed by atoms with Gasteiger partial charge in [0.1, 0.15) is 5.69 Å². The Balaban J connectivity index is 0.000000383. The number of aromatic amines is 1. The predicted molar refractivity (Wildman–Crippen MR) is 121 cm³/mol. The summed E-state index contributed by atoms with van der Waals surface area (Å²) < 4.78 is 33.6. The molecule has 0 unspecified atom stereocenters. The third-order valence-corrected chi connectivity index (χ3v) is 5.13. The number of imidazole rings is 1. The molecule has 0 amide bonds. The minimum atomic E-state index is -5.08. The Bertz CT molecular complexity index is 1300. The average molecular weight is 479 g/mol. The lowest BCUT2D eigenvalue weighted by Gasteiger charge is -2.13. The van der Waals surface area contributed by atoms with E-state index in [4.69, 9.17) is 26.5 Å². The Morgan fingerprint density at radius 1 is 1.09 bits per heavy atom. The van der Waals surface area contributed by atoms with Crippen molar-refractivity contribution in [3.8, 4) is 22.6 Å². The number of fused-ring (bicyclic) bond motifs is 1. The molecule has 4 rings (SSSR count). The van der Waals surface area contributed by atoms with E-state index in [1.54, 1.807) is 0 Å². The first-order chi connectivity index (χ1) is 15.3. The van der Waals surface area contributed by atoms with Crippen molar-refractivity contribution < 1.29 is 23.1 Å². The molecule has 2 heterocycles. The Morgan fingerprint density at radius 2 is 1.73 bits per heavy atom. The van der Waals surface area contributed by atoms with Gasteiger partial charge < -0.3 is 10.1 Å². The minimum Gasteiger partial charge on any atom is -0.475 e. The fourth-order valence-corrected chi connectivity index (χ4v) is 3.29. The number of alkyl halides is 3. The maximum absolute atomic E-state index is 10.6. The van der Waals surface area contributed by atoms with E-state index in [1.165, 1.54) is 0 Å². The van der Waals surface area contributed by atoms with Crippen molar-refractivity contribution in [3.05, 3.63) is 59.2 Å². The van der Waals surface area contributed by atoms with Crippen LogP contribution in [-0.4, -0.2) is 37.0 Å². The number of aromatic nitrogens is 4. The van der Waals surface area contributed by atoms with E-state index in [0.717, 1.165) is 44.4 Å². The minimum absolute atomic E-state index is 0.000741. The predicted octanol–water partition coefficient (Wildman–Crippen LogP) is 6.21. The van der Waals surface area contributed by atoms with Gasteiger partial charge in [-0.15, -0.1) is 0 Å². The molecule has 0 fully saturated rings. The molecule has 174 valence electrons. The van der Waals surface area contributed by atoms with E-state index in [9.17, 15) is 13.2 Å². The van der Waals surface area contributed by atoms with E-state index < -0.39 is 12.1 Å². The number of aliphatic carboxylic acids is 1. The highest BCUT2D eigenvalue weighted by Crippen LogP contribution is 2.31. The van der Waals surface area contributed by atoms with Gasteiger partial charge in [-0.3, -0.25) is 4.68 Å². The Hall–Kier alpha value is -3.33. The van der Waals surface area contributed by atoms with Gasteiger partial charge in [0, 0.05) is 23.0 Å². The maximum atomic E-state index is 10.6. The number of H-pyrrole nitrogens is 1. The molecule has 0 saturated heterocycles. The van der Waals surface area contributed by atoms with Crippen molar-refractivity contribution in [2.24, 2.45) is 7.05 Å². The molecule has 2 N–H and O–H groups in total. The van der Waals surface area contributed by atoms with E-state index in [1.807, 2.05) is 42.1 Å². The van der Waals surface area contributed by atoms with Gasteiger partial charge in [0.05, 0.1) is 16.7 Å². The summed E-state index contributed by atoms with van der Waals surface area (Å²) in [5, 5.41) is 12.5. The molecule has 0 atom stereocenters.